The average Bonchev–Trinajstić information content (AvgIpc) is 3.05. The van der Waals surface area contributed by atoms with Gasteiger partial charge in [0.05, 0.1) is 10.7 Å². The first-order valence-electron chi connectivity index (χ1n) is 7.19. The minimum Gasteiger partial charge on any atom is -0.313 e. The number of hydrogen-bond donors (Lipinski definition) is 1. The van der Waals surface area contributed by atoms with Crippen molar-refractivity contribution >= 4 is 11.3 Å². The number of aryl methyl sites for hydroxylation is 2. The van der Waals surface area contributed by atoms with Crippen molar-refractivity contribution in [1.82, 2.24) is 10.3 Å². The molecule has 0 aliphatic heterocycles. The maximum absolute atomic E-state index is 4.71. The highest BCUT2D eigenvalue weighted by Crippen LogP contribution is 2.31. The van der Waals surface area contributed by atoms with Crippen LogP contribution in [0, 0.1) is 19.3 Å². The van der Waals surface area contributed by atoms with Crippen LogP contribution in [0.1, 0.15) is 55.1 Å². The highest BCUT2D eigenvalue weighted by molar-refractivity contribution is 7.11. The molecule has 2 rings (SSSR count). The number of nitrogens with zero attached hydrogens (tertiary/aromatic N) is 1. The van der Waals surface area contributed by atoms with Gasteiger partial charge >= 0.3 is 0 Å². The van der Waals surface area contributed by atoms with Gasteiger partial charge in [-0.3, -0.25) is 0 Å². The molecule has 1 saturated carbocycles. The maximum atomic E-state index is 4.71. The average molecular weight is 266 g/mol. The van der Waals surface area contributed by atoms with Gasteiger partial charge in [-0.2, -0.15) is 0 Å². The van der Waals surface area contributed by atoms with E-state index in [2.05, 4.69) is 33.0 Å². The number of thiazole rings is 1. The largest absolute Gasteiger partial charge is 0.313 e. The predicted octanol–water partition coefficient (Wildman–Crippen LogP) is 3.86. The Morgan fingerprint density at radius 1 is 1.39 bits per heavy atom. The summed E-state index contributed by atoms with van der Waals surface area (Å²) in [6, 6.07) is 0.806. The Balaban J connectivity index is 1.98. The normalized spacial score (nSPS) is 18.9. The molecule has 1 atom stereocenters. The Morgan fingerprint density at radius 3 is 2.61 bits per heavy atom. The second-order valence-corrected chi connectivity index (χ2v) is 7.43. The summed E-state index contributed by atoms with van der Waals surface area (Å²) in [6.45, 7) is 10.1. The SMILES string of the molecule is CCCC(C)(CNC1CC1)Cc1nc(C)c(C)s1. The van der Waals surface area contributed by atoms with Crippen LogP contribution in [0.15, 0.2) is 0 Å². The van der Waals surface area contributed by atoms with Crippen molar-refractivity contribution in [2.75, 3.05) is 6.54 Å². The van der Waals surface area contributed by atoms with Gasteiger partial charge in [0.15, 0.2) is 0 Å². The number of nitrogens with one attached hydrogen (secondary N) is 1. The van der Waals surface area contributed by atoms with Crippen molar-refractivity contribution in [2.45, 2.75) is 65.8 Å². The van der Waals surface area contributed by atoms with Gasteiger partial charge in [0.25, 0.3) is 0 Å². The summed E-state index contributed by atoms with van der Waals surface area (Å²) in [4.78, 5) is 6.09. The Morgan fingerprint density at radius 2 is 2.11 bits per heavy atom. The summed E-state index contributed by atoms with van der Waals surface area (Å²) >= 11 is 1.88. The molecule has 0 spiro atoms. The molecule has 18 heavy (non-hydrogen) atoms. The van der Waals surface area contributed by atoms with Crippen LogP contribution in [0.2, 0.25) is 0 Å². The molecule has 2 nitrogen and oxygen atoms in total. The van der Waals surface area contributed by atoms with E-state index < -0.39 is 0 Å². The molecule has 1 aliphatic carbocycles. The summed E-state index contributed by atoms with van der Waals surface area (Å²) in [6.07, 6.45) is 6.41. The van der Waals surface area contributed by atoms with E-state index in [1.165, 1.54) is 41.3 Å². The maximum Gasteiger partial charge on any atom is 0.0936 e. The summed E-state index contributed by atoms with van der Waals surface area (Å²) in [7, 11) is 0. The summed E-state index contributed by atoms with van der Waals surface area (Å²) in [5.74, 6) is 0. The van der Waals surface area contributed by atoms with Crippen molar-refractivity contribution in [3.05, 3.63) is 15.6 Å². The van der Waals surface area contributed by atoms with Crippen LogP contribution in [0.4, 0.5) is 0 Å². The van der Waals surface area contributed by atoms with Crippen molar-refractivity contribution in [3.8, 4) is 0 Å². The van der Waals surface area contributed by atoms with Gasteiger partial charge < -0.3 is 5.32 Å². The monoisotopic (exact) mass is 266 g/mol. The van der Waals surface area contributed by atoms with E-state index in [-0.39, 0.29) is 0 Å². The van der Waals surface area contributed by atoms with E-state index in [1.807, 2.05) is 11.3 Å². The summed E-state index contributed by atoms with van der Waals surface area (Å²) in [5, 5.41) is 5.02. The Kier molecular flexibility index (Phi) is 4.44. The van der Waals surface area contributed by atoms with E-state index in [0.717, 1.165) is 19.0 Å². The fraction of sp³-hybridized carbons (Fsp3) is 0.800. The molecular formula is C15H26N2S. The van der Waals surface area contributed by atoms with Crippen molar-refractivity contribution in [3.63, 3.8) is 0 Å². The van der Waals surface area contributed by atoms with Crippen LogP contribution in [-0.4, -0.2) is 17.6 Å². The fourth-order valence-electron chi connectivity index (χ4n) is 2.50. The fourth-order valence-corrected chi connectivity index (χ4v) is 3.65. The second-order valence-electron chi connectivity index (χ2n) is 6.14. The van der Waals surface area contributed by atoms with Crippen LogP contribution in [0.25, 0.3) is 0 Å². The molecule has 0 radical (unpaired) electrons. The molecule has 1 aromatic rings. The highest BCUT2D eigenvalue weighted by atomic mass is 32.1. The van der Waals surface area contributed by atoms with E-state index in [0.29, 0.717) is 5.41 Å². The van der Waals surface area contributed by atoms with Gasteiger partial charge in [-0.05, 0) is 38.5 Å². The number of hydrogen-bond acceptors (Lipinski definition) is 3. The van der Waals surface area contributed by atoms with Gasteiger partial charge in [-0.1, -0.05) is 20.3 Å². The van der Waals surface area contributed by atoms with Crippen LogP contribution in [-0.2, 0) is 6.42 Å². The molecule has 0 saturated heterocycles. The molecule has 3 heteroatoms. The zero-order valence-corrected chi connectivity index (χ0v) is 13.0. The topological polar surface area (TPSA) is 24.9 Å². The summed E-state index contributed by atoms with van der Waals surface area (Å²) in [5.41, 5.74) is 1.58. The van der Waals surface area contributed by atoms with E-state index in [9.17, 15) is 0 Å². The predicted molar refractivity (Wildman–Crippen MR) is 79.3 cm³/mol. The third-order valence-corrected chi connectivity index (χ3v) is 4.97. The Bertz CT molecular complexity index is 376. The number of rotatable bonds is 7. The van der Waals surface area contributed by atoms with Gasteiger partial charge in [0.1, 0.15) is 0 Å². The molecular weight excluding hydrogens is 240 g/mol. The van der Waals surface area contributed by atoms with Crippen molar-refractivity contribution < 1.29 is 0 Å². The molecule has 102 valence electrons. The second kappa shape index (κ2) is 5.70. The third kappa shape index (κ3) is 3.79. The van der Waals surface area contributed by atoms with Crippen LogP contribution < -0.4 is 5.32 Å². The Hall–Kier alpha value is -0.410. The first-order valence-corrected chi connectivity index (χ1v) is 8.00. The lowest BCUT2D eigenvalue weighted by Crippen LogP contribution is -2.34. The quantitative estimate of drug-likeness (QED) is 0.810. The molecule has 0 amide bonds. The van der Waals surface area contributed by atoms with Crippen LogP contribution >= 0.6 is 11.3 Å². The van der Waals surface area contributed by atoms with Gasteiger partial charge in [-0.15, -0.1) is 11.3 Å². The van der Waals surface area contributed by atoms with E-state index in [4.69, 9.17) is 4.98 Å². The molecule has 1 heterocycles. The van der Waals surface area contributed by atoms with E-state index in [1.54, 1.807) is 0 Å². The molecule has 1 aliphatic rings. The summed E-state index contributed by atoms with van der Waals surface area (Å²) < 4.78 is 0. The van der Waals surface area contributed by atoms with Crippen molar-refractivity contribution in [1.29, 1.82) is 0 Å². The van der Waals surface area contributed by atoms with Gasteiger partial charge in [-0.25, -0.2) is 4.98 Å². The third-order valence-electron chi connectivity index (χ3n) is 3.90. The molecule has 1 fully saturated rings. The lowest BCUT2D eigenvalue weighted by Gasteiger charge is -2.29. The minimum absolute atomic E-state index is 0.369. The molecule has 1 unspecified atom stereocenters. The van der Waals surface area contributed by atoms with Crippen molar-refractivity contribution in [2.24, 2.45) is 5.41 Å². The zero-order valence-electron chi connectivity index (χ0n) is 12.2. The van der Waals surface area contributed by atoms with E-state index >= 15 is 0 Å². The number of aromatic nitrogens is 1. The zero-order chi connectivity index (χ0) is 13.2. The first kappa shape index (κ1) is 14.0. The lowest BCUT2D eigenvalue weighted by atomic mass is 9.82. The first-order chi connectivity index (χ1) is 8.52. The standard InChI is InChI=1S/C15H26N2S/c1-5-8-15(4,10-16-13-6-7-13)9-14-17-11(2)12(3)18-14/h13,16H,5-10H2,1-4H3. The molecule has 0 bridgehead atoms. The van der Waals surface area contributed by atoms with Crippen LogP contribution in [0.5, 0.6) is 0 Å². The Labute approximate surface area is 115 Å². The lowest BCUT2D eigenvalue weighted by molar-refractivity contribution is 0.274. The molecule has 1 N–H and O–H groups in total. The van der Waals surface area contributed by atoms with Gasteiger partial charge in [0, 0.05) is 23.9 Å². The van der Waals surface area contributed by atoms with Gasteiger partial charge in [0.2, 0.25) is 0 Å². The van der Waals surface area contributed by atoms with Crippen LogP contribution in [0.3, 0.4) is 0 Å². The molecule has 0 aromatic carbocycles. The molecule has 1 aromatic heterocycles. The minimum atomic E-state index is 0.369. The highest BCUT2D eigenvalue weighted by Gasteiger charge is 2.29. The smallest absolute Gasteiger partial charge is 0.0936 e.